The average molecular weight is 245 g/mol. The molecule has 2 aliphatic carbocycles. The molecule has 1 unspecified atom stereocenters. The summed E-state index contributed by atoms with van der Waals surface area (Å²) < 4.78 is 0. The van der Waals surface area contributed by atoms with Gasteiger partial charge in [0.25, 0.3) is 0 Å². The molecule has 2 N–H and O–H groups in total. The van der Waals surface area contributed by atoms with Gasteiger partial charge in [0.15, 0.2) is 0 Å². The normalized spacial score (nSPS) is 28.3. The smallest absolute Gasteiger partial charge is 0.0616 e. The van der Waals surface area contributed by atoms with Crippen molar-refractivity contribution < 1.29 is 5.11 Å². The number of hydrogen-bond donors (Lipinski definition) is 2. The molecule has 0 radical (unpaired) electrons. The van der Waals surface area contributed by atoms with E-state index in [4.69, 9.17) is 0 Å². The molecule has 1 saturated carbocycles. The second-order valence-corrected chi connectivity index (χ2v) is 6.01. The van der Waals surface area contributed by atoms with Crippen molar-refractivity contribution in [3.8, 4) is 0 Å². The first-order chi connectivity index (χ1) is 8.81. The number of fused-ring (bicyclic) bond motifs is 1. The zero-order valence-corrected chi connectivity index (χ0v) is 11.0. The van der Waals surface area contributed by atoms with Crippen LogP contribution in [-0.2, 0) is 12.8 Å². The van der Waals surface area contributed by atoms with E-state index in [2.05, 4.69) is 29.6 Å². The third kappa shape index (κ3) is 2.32. The van der Waals surface area contributed by atoms with Crippen molar-refractivity contribution in [3.63, 3.8) is 0 Å². The fourth-order valence-corrected chi connectivity index (χ4v) is 3.61. The molecular formula is C16H23NO. The van der Waals surface area contributed by atoms with Crippen LogP contribution in [0.1, 0.15) is 43.2 Å². The molecule has 2 heteroatoms. The highest BCUT2D eigenvalue weighted by molar-refractivity contribution is 5.32. The summed E-state index contributed by atoms with van der Waals surface area (Å²) in [6.45, 7) is 0.262. The summed E-state index contributed by atoms with van der Waals surface area (Å²) in [6, 6.07) is 9.31. The minimum Gasteiger partial charge on any atom is -0.394 e. The highest BCUT2D eigenvalue weighted by Gasteiger charge is 2.35. The zero-order chi connectivity index (χ0) is 12.4. The molecule has 1 aromatic carbocycles. The standard InChI is InChI=1S/C16H23NO/c18-12-16(17-15-7-3-4-8-15)10-9-13-5-1-2-6-14(13)11-16/h1-2,5-6,15,17-18H,3-4,7-12H2. The van der Waals surface area contributed by atoms with Crippen LogP contribution in [0.25, 0.3) is 0 Å². The Morgan fingerprint density at radius 1 is 1.17 bits per heavy atom. The number of aliphatic hydroxyl groups excluding tert-OH is 1. The summed E-state index contributed by atoms with van der Waals surface area (Å²) in [5.41, 5.74) is 2.82. The largest absolute Gasteiger partial charge is 0.394 e. The van der Waals surface area contributed by atoms with Gasteiger partial charge < -0.3 is 10.4 Å². The van der Waals surface area contributed by atoms with Gasteiger partial charge in [0.1, 0.15) is 0 Å². The molecule has 0 aliphatic heterocycles. The lowest BCUT2D eigenvalue weighted by molar-refractivity contribution is 0.132. The van der Waals surface area contributed by atoms with E-state index >= 15 is 0 Å². The maximum absolute atomic E-state index is 9.86. The minimum atomic E-state index is -0.0661. The van der Waals surface area contributed by atoms with E-state index in [1.807, 2.05) is 0 Å². The second-order valence-electron chi connectivity index (χ2n) is 6.01. The fourth-order valence-electron chi connectivity index (χ4n) is 3.61. The van der Waals surface area contributed by atoms with E-state index in [1.54, 1.807) is 0 Å². The van der Waals surface area contributed by atoms with Crippen molar-refractivity contribution in [2.75, 3.05) is 6.61 Å². The Morgan fingerprint density at radius 3 is 2.61 bits per heavy atom. The zero-order valence-electron chi connectivity index (χ0n) is 11.0. The van der Waals surface area contributed by atoms with E-state index in [0.29, 0.717) is 6.04 Å². The number of nitrogens with one attached hydrogen (secondary N) is 1. The third-order valence-electron chi connectivity index (χ3n) is 4.69. The van der Waals surface area contributed by atoms with Crippen LogP contribution >= 0.6 is 0 Å². The van der Waals surface area contributed by atoms with Crippen LogP contribution in [0.2, 0.25) is 0 Å². The average Bonchev–Trinajstić information content (AvgIpc) is 2.91. The summed E-state index contributed by atoms with van der Waals surface area (Å²) in [5.74, 6) is 0. The van der Waals surface area contributed by atoms with Gasteiger partial charge in [-0.2, -0.15) is 0 Å². The monoisotopic (exact) mass is 245 g/mol. The fraction of sp³-hybridized carbons (Fsp3) is 0.625. The van der Waals surface area contributed by atoms with Crippen LogP contribution < -0.4 is 5.32 Å². The lowest BCUT2D eigenvalue weighted by Crippen LogP contribution is -2.55. The first-order valence-electron chi connectivity index (χ1n) is 7.27. The van der Waals surface area contributed by atoms with Crippen LogP contribution in [0.3, 0.4) is 0 Å². The molecule has 2 aliphatic rings. The third-order valence-corrected chi connectivity index (χ3v) is 4.69. The van der Waals surface area contributed by atoms with Gasteiger partial charge in [0, 0.05) is 11.6 Å². The highest BCUT2D eigenvalue weighted by Crippen LogP contribution is 2.31. The molecule has 0 heterocycles. The maximum Gasteiger partial charge on any atom is 0.0616 e. The SMILES string of the molecule is OCC1(NC2CCCC2)CCc2ccccc2C1. The molecule has 1 aromatic rings. The van der Waals surface area contributed by atoms with Crippen LogP contribution in [0, 0.1) is 0 Å². The maximum atomic E-state index is 9.86. The lowest BCUT2D eigenvalue weighted by atomic mass is 9.78. The van der Waals surface area contributed by atoms with Crippen molar-refractivity contribution >= 4 is 0 Å². The van der Waals surface area contributed by atoms with Gasteiger partial charge in [0.05, 0.1) is 6.61 Å². The van der Waals surface area contributed by atoms with Gasteiger partial charge in [-0.1, -0.05) is 37.1 Å². The molecule has 18 heavy (non-hydrogen) atoms. The van der Waals surface area contributed by atoms with E-state index in [9.17, 15) is 5.11 Å². The number of rotatable bonds is 3. The van der Waals surface area contributed by atoms with Crippen molar-refractivity contribution in [2.24, 2.45) is 0 Å². The van der Waals surface area contributed by atoms with Crippen LogP contribution in [0.15, 0.2) is 24.3 Å². The first-order valence-corrected chi connectivity index (χ1v) is 7.27. The van der Waals surface area contributed by atoms with Gasteiger partial charge in [-0.15, -0.1) is 0 Å². The van der Waals surface area contributed by atoms with Gasteiger partial charge in [-0.05, 0) is 43.2 Å². The summed E-state index contributed by atoms with van der Waals surface area (Å²) in [4.78, 5) is 0. The summed E-state index contributed by atoms with van der Waals surface area (Å²) in [5, 5.41) is 13.6. The minimum absolute atomic E-state index is 0.0661. The van der Waals surface area contributed by atoms with Gasteiger partial charge in [0.2, 0.25) is 0 Å². The summed E-state index contributed by atoms with van der Waals surface area (Å²) >= 11 is 0. The van der Waals surface area contributed by atoms with Crippen molar-refractivity contribution in [2.45, 2.75) is 56.5 Å². The second kappa shape index (κ2) is 5.02. The van der Waals surface area contributed by atoms with Crippen molar-refractivity contribution in [3.05, 3.63) is 35.4 Å². The number of aryl methyl sites for hydroxylation is 1. The van der Waals surface area contributed by atoms with Gasteiger partial charge >= 0.3 is 0 Å². The Morgan fingerprint density at radius 2 is 1.89 bits per heavy atom. The summed E-state index contributed by atoms with van der Waals surface area (Å²) in [7, 11) is 0. The number of hydrogen-bond acceptors (Lipinski definition) is 2. The highest BCUT2D eigenvalue weighted by atomic mass is 16.3. The Hall–Kier alpha value is -0.860. The topological polar surface area (TPSA) is 32.3 Å². The van der Waals surface area contributed by atoms with Crippen LogP contribution in [-0.4, -0.2) is 23.3 Å². The Kier molecular flexibility index (Phi) is 3.40. The molecule has 98 valence electrons. The Bertz CT molecular complexity index is 411. The van der Waals surface area contributed by atoms with E-state index in [-0.39, 0.29) is 12.1 Å². The lowest BCUT2D eigenvalue weighted by Gasteiger charge is -2.40. The molecule has 0 saturated heterocycles. The molecule has 0 bridgehead atoms. The van der Waals surface area contributed by atoms with E-state index < -0.39 is 0 Å². The molecule has 1 atom stereocenters. The van der Waals surface area contributed by atoms with Crippen LogP contribution in [0.5, 0.6) is 0 Å². The molecule has 0 amide bonds. The van der Waals surface area contributed by atoms with Crippen LogP contribution in [0.4, 0.5) is 0 Å². The molecular weight excluding hydrogens is 222 g/mol. The van der Waals surface area contributed by atoms with Crippen molar-refractivity contribution in [1.82, 2.24) is 5.32 Å². The first kappa shape index (κ1) is 12.2. The summed E-state index contributed by atoms with van der Waals surface area (Å²) in [6.07, 6.45) is 8.39. The predicted molar refractivity (Wildman–Crippen MR) is 73.7 cm³/mol. The van der Waals surface area contributed by atoms with Crippen molar-refractivity contribution in [1.29, 1.82) is 0 Å². The molecule has 0 aromatic heterocycles. The van der Waals surface area contributed by atoms with Gasteiger partial charge in [-0.3, -0.25) is 0 Å². The molecule has 1 fully saturated rings. The molecule has 2 nitrogen and oxygen atoms in total. The van der Waals surface area contributed by atoms with E-state index in [0.717, 1.165) is 19.3 Å². The molecule has 3 rings (SSSR count). The number of aliphatic hydroxyl groups is 1. The van der Waals surface area contributed by atoms with E-state index in [1.165, 1.54) is 36.8 Å². The molecule has 0 spiro atoms. The quantitative estimate of drug-likeness (QED) is 0.857. The Balaban J connectivity index is 1.77. The Labute approximate surface area is 109 Å². The predicted octanol–water partition coefficient (Wildman–Crippen LogP) is 2.44. The number of benzene rings is 1. The van der Waals surface area contributed by atoms with Gasteiger partial charge in [-0.25, -0.2) is 0 Å².